The average molecular weight is 348 g/mol. The summed E-state index contributed by atoms with van der Waals surface area (Å²) in [6, 6.07) is 6.01. The van der Waals surface area contributed by atoms with Gasteiger partial charge in [-0.05, 0) is 18.2 Å². The Morgan fingerprint density at radius 1 is 1.19 bits per heavy atom. The minimum Gasteiger partial charge on any atom is -0.278 e. The highest BCUT2D eigenvalue weighted by Crippen LogP contribution is 2.28. The van der Waals surface area contributed by atoms with Crippen molar-refractivity contribution in [2.45, 2.75) is 4.90 Å². The smallest absolute Gasteiger partial charge is 0.271 e. The van der Waals surface area contributed by atoms with Crippen molar-refractivity contribution in [3.05, 3.63) is 56.8 Å². The van der Waals surface area contributed by atoms with E-state index in [-0.39, 0.29) is 26.4 Å². The second-order valence-electron chi connectivity index (χ2n) is 3.84. The molecule has 0 aliphatic heterocycles. The number of nitrogens with zero attached hydrogens (tertiary/aromatic N) is 2. The highest BCUT2D eigenvalue weighted by atomic mass is 35.5. The van der Waals surface area contributed by atoms with Crippen LogP contribution in [-0.4, -0.2) is 18.3 Å². The first kappa shape index (κ1) is 15.5. The second-order valence-corrected chi connectivity index (χ2v) is 6.32. The number of halogens is 2. The number of hydrogen-bond donors (Lipinski definition) is 1. The molecule has 1 aromatic carbocycles. The Kier molecular flexibility index (Phi) is 4.31. The molecule has 0 bridgehead atoms. The van der Waals surface area contributed by atoms with Gasteiger partial charge < -0.3 is 0 Å². The number of nitro benzene ring substituents is 1. The maximum atomic E-state index is 12.1. The minimum atomic E-state index is -3.91. The fourth-order valence-corrected chi connectivity index (χ4v) is 2.84. The molecule has 0 unspecified atom stereocenters. The fraction of sp³-hybridized carbons (Fsp3) is 0. The van der Waals surface area contributed by atoms with Gasteiger partial charge in [0, 0.05) is 18.3 Å². The Bertz CT molecular complexity index is 794. The quantitative estimate of drug-likeness (QED) is 0.520. The molecule has 1 heterocycles. The van der Waals surface area contributed by atoms with Crippen molar-refractivity contribution in [2.75, 3.05) is 4.72 Å². The molecule has 21 heavy (non-hydrogen) atoms. The molecule has 0 radical (unpaired) electrons. The van der Waals surface area contributed by atoms with Crippen molar-refractivity contribution >= 4 is 44.6 Å². The number of aromatic nitrogens is 1. The predicted molar refractivity (Wildman–Crippen MR) is 78.2 cm³/mol. The molecule has 0 aliphatic rings. The lowest BCUT2D eigenvalue weighted by Crippen LogP contribution is -2.13. The van der Waals surface area contributed by atoms with E-state index in [1.165, 1.54) is 18.2 Å². The normalized spacial score (nSPS) is 11.1. The van der Waals surface area contributed by atoms with Crippen LogP contribution in [0.2, 0.25) is 10.2 Å². The summed E-state index contributed by atoms with van der Waals surface area (Å²) in [5.41, 5.74) is -0.215. The van der Waals surface area contributed by atoms with E-state index in [2.05, 4.69) is 9.71 Å². The van der Waals surface area contributed by atoms with Crippen LogP contribution in [0.3, 0.4) is 0 Å². The summed E-state index contributed by atoms with van der Waals surface area (Å²) in [7, 11) is -3.91. The first-order valence-electron chi connectivity index (χ1n) is 5.38. The van der Waals surface area contributed by atoms with Crippen molar-refractivity contribution < 1.29 is 13.3 Å². The van der Waals surface area contributed by atoms with Crippen LogP contribution in [0.25, 0.3) is 0 Å². The summed E-state index contributed by atoms with van der Waals surface area (Å²) in [5, 5.41) is 10.7. The average Bonchev–Trinajstić information content (AvgIpc) is 2.41. The van der Waals surface area contributed by atoms with Gasteiger partial charge in [-0.2, -0.15) is 0 Å². The Morgan fingerprint density at radius 2 is 1.90 bits per heavy atom. The van der Waals surface area contributed by atoms with Crippen molar-refractivity contribution in [3.8, 4) is 0 Å². The molecule has 0 amide bonds. The number of anilines is 1. The maximum Gasteiger partial charge on any atom is 0.271 e. The van der Waals surface area contributed by atoms with Gasteiger partial charge in [0.2, 0.25) is 0 Å². The molecular formula is C11H7Cl2N3O4S. The van der Waals surface area contributed by atoms with Gasteiger partial charge in [0.1, 0.15) is 10.0 Å². The van der Waals surface area contributed by atoms with Crippen molar-refractivity contribution in [2.24, 2.45) is 0 Å². The molecule has 0 saturated heterocycles. The van der Waals surface area contributed by atoms with E-state index < -0.39 is 14.9 Å². The largest absolute Gasteiger partial charge is 0.278 e. The van der Waals surface area contributed by atoms with Gasteiger partial charge in [0.15, 0.2) is 0 Å². The Hall–Kier alpha value is -1.90. The molecule has 0 saturated carbocycles. The summed E-state index contributed by atoms with van der Waals surface area (Å²) in [6.07, 6.45) is 1.09. The number of benzene rings is 1. The van der Waals surface area contributed by atoms with Gasteiger partial charge in [0.05, 0.1) is 15.6 Å². The summed E-state index contributed by atoms with van der Waals surface area (Å²) < 4.78 is 26.4. The lowest BCUT2D eigenvalue weighted by atomic mass is 10.3. The SMILES string of the molecule is O=[N+]([O-])c1ccc(NS(=O)(=O)c2ccc(Cl)nc2)c(Cl)c1. The Balaban J connectivity index is 2.32. The number of pyridine rings is 1. The van der Waals surface area contributed by atoms with E-state index in [9.17, 15) is 18.5 Å². The van der Waals surface area contributed by atoms with E-state index in [0.29, 0.717) is 0 Å². The number of non-ortho nitro benzene ring substituents is 1. The van der Waals surface area contributed by atoms with Crippen LogP contribution in [0.5, 0.6) is 0 Å². The Labute approximate surface area is 129 Å². The molecule has 1 aromatic heterocycles. The van der Waals surface area contributed by atoms with Gasteiger partial charge in [-0.3, -0.25) is 14.8 Å². The number of sulfonamides is 1. The van der Waals surface area contributed by atoms with Gasteiger partial charge in [0.25, 0.3) is 15.7 Å². The lowest BCUT2D eigenvalue weighted by molar-refractivity contribution is -0.384. The summed E-state index contributed by atoms with van der Waals surface area (Å²) in [4.78, 5) is 13.5. The lowest BCUT2D eigenvalue weighted by Gasteiger charge is -2.09. The molecule has 7 nitrogen and oxygen atoms in total. The van der Waals surface area contributed by atoms with E-state index in [1.807, 2.05) is 0 Å². The zero-order valence-electron chi connectivity index (χ0n) is 10.2. The number of nitrogens with one attached hydrogen (secondary N) is 1. The standard InChI is InChI=1S/C11H7Cl2N3O4S/c12-9-5-7(16(17)18)1-3-10(9)15-21(19,20)8-2-4-11(13)14-6-8/h1-6,15H. The minimum absolute atomic E-state index is 0.0252. The molecule has 0 fully saturated rings. The van der Waals surface area contributed by atoms with E-state index in [1.54, 1.807) is 0 Å². The maximum absolute atomic E-state index is 12.1. The third-order valence-electron chi connectivity index (χ3n) is 2.42. The highest BCUT2D eigenvalue weighted by molar-refractivity contribution is 7.92. The number of hydrogen-bond acceptors (Lipinski definition) is 5. The van der Waals surface area contributed by atoms with E-state index >= 15 is 0 Å². The molecule has 2 aromatic rings. The molecule has 0 aliphatic carbocycles. The second kappa shape index (κ2) is 5.84. The first-order chi connectivity index (χ1) is 9.79. The van der Waals surface area contributed by atoms with Crippen LogP contribution in [-0.2, 0) is 10.0 Å². The molecule has 1 N–H and O–H groups in total. The predicted octanol–water partition coefficient (Wildman–Crippen LogP) is 3.10. The monoisotopic (exact) mass is 347 g/mol. The van der Waals surface area contributed by atoms with Crippen molar-refractivity contribution in [1.29, 1.82) is 0 Å². The van der Waals surface area contributed by atoms with Crippen molar-refractivity contribution in [3.63, 3.8) is 0 Å². The van der Waals surface area contributed by atoms with Gasteiger partial charge in [-0.15, -0.1) is 0 Å². The van der Waals surface area contributed by atoms with E-state index in [0.717, 1.165) is 18.3 Å². The van der Waals surface area contributed by atoms with Crippen LogP contribution >= 0.6 is 23.2 Å². The topological polar surface area (TPSA) is 102 Å². The highest BCUT2D eigenvalue weighted by Gasteiger charge is 2.17. The molecule has 10 heteroatoms. The van der Waals surface area contributed by atoms with E-state index in [4.69, 9.17) is 23.2 Å². The summed E-state index contributed by atoms with van der Waals surface area (Å²) >= 11 is 11.4. The van der Waals surface area contributed by atoms with Crippen molar-refractivity contribution in [1.82, 2.24) is 4.98 Å². The zero-order chi connectivity index (χ0) is 15.6. The summed E-state index contributed by atoms with van der Waals surface area (Å²) in [6.45, 7) is 0. The molecule has 2 rings (SSSR count). The third-order valence-corrected chi connectivity index (χ3v) is 4.31. The van der Waals surface area contributed by atoms with Crippen LogP contribution in [0, 0.1) is 10.1 Å². The molecule has 0 atom stereocenters. The third kappa shape index (κ3) is 3.60. The number of nitro groups is 1. The summed E-state index contributed by atoms with van der Waals surface area (Å²) in [5.74, 6) is 0. The van der Waals surface area contributed by atoms with Gasteiger partial charge in [-0.1, -0.05) is 23.2 Å². The Morgan fingerprint density at radius 3 is 2.43 bits per heavy atom. The molecule has 0 spiro atoms. The van der Waals surface area contributed by atoms with Gasteiger partial charge in [-0.25, -0.2) is 13.4 Å². The first-order valence-corrected chi connectivity index (χ1v) is 7.62. The van der Waals surface area contributed by atoms with Crippen LogP contribution in [0.15, 0.2) is 41.4 Å². The fourth-order valence-electron chi connectivity index (χ4n) is 1.43. The van der Waals surface area contributed by atoms with Crippen LogP contribution < -0.4 is 4.72 Å². The molecular weight excluding hydrogens is 341 g/mol. The number of rotatable bonds is 4. The molecule has 110 valence electrons. The van der Waals surface area contributed by atoms with Crippen LogP contribution in [0.1, 0.15) is 0 Å². The zero-order valence-corrected chi connectivity index (χ0v) is 12.5. The van der Waals surface area contributed by atoms with Crippen LogP contribution in [0.4, 0.5) is 11.4 Å². The van der Waals surface area contributed by atoms with Gasteiger partial charge >= 0.3 is 0 Å².